The van der Waals surface area contributed by atoms with Crippen molar-refractivity contribution in [2.24, 2.45) is 0 Å². The topological polar surface area (TPSA) is 38.9 Å². The zero-order valence-electron chi connectivity index (χ0n) is 9.16. The number of anilines is 1. The summed E-state index contributed by atoms with van der Waals surface area (Å²) in [6.07, 6.45) is -6.38. The summed E-state index contributed by atoms with van der Waals surface area (Å²) in [6.45, 7) is 0. The number of alkyl halides is 9. The number of aromatic nitrogens is 1. The van der Waals surface area contributed by atoms with E-state index in [0.29, 0.717) is 6.20 Å². The summed E-state index contributed by atoms with van der Waals surface area (Å²) in [5.41, 5.74) is 3.09. The highest BCUT2D eigenvalue weighted by Crippen LogP contribution is 2.56. The summed E-state index contributed by atoms with van der Waals surface area (Å²) in [7, 11) is 0. The van der Waals surface area contributed by atoms with E-state index in [9.17, 15) is 39.5 Å². The van der Waals surface area contributed by atoms with E-state index in [-0.39, 0.29) is 12.1 Å². The first kappa shape index (κ1) is 16.4. The first-order valence-corrected chi connectivity index (χ1v) is 4.67. The Morgan fingerprint density at radius 3 is 1.75 bits per heavy atom. The Kier molecular flexibility index (Phi) is 3.62. The maximum atomic E-state index is 13.3. The SMILES string of the molecule is Nc1cc(C(F)(F)C(F)(F)C(F)(F)C(F)(F)F)ccn1. The molecule has 0 bridgehead atoms. The van der Waals surface area contributed by atoms with Crippen LogP contribution in [-0.4, -0.2) is 23.0 Å². The van der Waals surface area contributed by atoms with Gasteiger partial charge in [0, 0.05) is 11.8 Å². The van der Waals surface area contributed by atoms with Gasteiger partial charge in [-0.3, -0.25) is 0 Å². The van der Waals surface area contributed by atoms with Gasteiger partial charge in [-0.05, 0) is 12.1 Å². The van der Waals surface area contributed by atoms with E-state index in [4.69, 9.17) is 5.73 Å². The second-order valence-electron chi connectivity index (χ2n) is 3.69. The van der Waals surface area contributed by atoms with Gasteiger partial charge in [0.15, 0.2) is 0 Å². The molecule has 0 amide bonds. The molecule has 0 aliphatic rings. The zero-order chi connectivity index (χ0) is 16.0. The van der Waals surface area contributed by atoms with Crippen molar-refractivity contribution in [3.63, 3.8) is 0 Å². The molecular formula is C9H5F9N2. The molecule has 0 spiro atoms. The Morgan fingerprint density at radius 2 is 1.35 bits per heavy atom. The summed E-state index contributed by atoms with van der Waals surface area (Å²) in [4.78, 5) is 3.14. The van der Waals surface area contributed by atoms with Crippen molar-refractivity contribution in [1.29, 1.82) is 0 Å². The molecule has 2 N–H and O–H groups in total. The number of halogens is 9. The summed E-state index contributed by atoms with van der Waals surface area (Å²) < 4.78 is 113. The molecule has 0 aliphatic heterocycles. The highest BCUT2D eigenvalue weighted by Gasteiger charge is 2.82. The van der Waals surface area contributed by atoms with Gasteiger partial charge in [0.05, 0.1) is 0 Å². The lowest BCUT2D eigenvalue weighted by molar-refractivity contribution is -0.399. The van der Waals surface area contributed by atoms with Gasteiger partial charge in [0.2, 0.25) is 0 Å². The number of nitrogens with zero attached hydrogens (tertiary/aromatic N) is 1. The monoisotopic (exact) mass is 312 g/mol. The fourth-order valence-electron chi connectivity index (χ4n) is 1.20. The minimum Gasteiger partial charge on any atom is -0.384 e. The molecule has 1 heterocycles. The second-order valence-corrected chi connectivity index (χ2v) is 3.69. The van der Waals surface area contributed by atoms with Crippen LogP contribution in [0.25, 0.3) is 0 Å². The van der Waals surface area contributed by atoms with Gasteiger partial charge in [-0.25, -0.2) is 4.98 Å². The van der Waals surface area contributed by atoms with E-state index in [1.165, 1.54) is 0 Å². The first-order valence-electron chi connectivity index (χ1n) is 4.67. The van der Waals surface area contributed by atoms with Crippen LogP contribution in [-0.2, 0) is 5.92 Å². The van der Waals surface area contributed by atoms with Gasteiger partial charge in [-0.15, -0.1) is 0 Å². The lowest BCUT2D eigenvalue weighted by atomic mass is 9.97. The number of nitrogen functional groups attached to an aromatic ring is 1. The van der Waals surface area contributed by atoms with Crippen molar-refractivity contribution in [3.8, 4) is 0 Å². The third-order valence-corrected chi connectivity index (χ3v) is 2.29. The van der Waals surface area contributed by atoms with Crippen LogP contribution in [0, 0.1) is 0 Å². The average molecular weight is 312 g/mol. The van der Waals surface area contributed by atoms with Gasteiger partial charge in [0.25, 0.3) is 0 Å². The van der Waals surface area contributed by atoms with Crippen molar-refractivity contribution in [2.45, 2.75) is 23.9 Å². The van der Waals surface area contributed by atoms with Gasteiger partial charge < -0.3 is 5.73 Å². The normalized spacial score (nSPS) is 14.4. The highest BCUT2D eigenvalue weighted by molar-refractivity contribution is 5.35. The molecular weight excluding hydrogens is 307 g/mol. The Hall–Kier alpha value is -1.68. The lowest BCUT2D eigenvalue weighted by Gasteiger charge is -2.33. The fraction of sp³-hybridized carbons (Fsp3) is 0.444. The molecule has 2 nitrogen and oxygen atoms in total. The number of hydrogen-bond donors (Lipinski definition) is 1. The van der Waals surface area contributed by atoms with Crippen LogP contribution in [0.3, 0.4) is 0 Å². The van der Waals surface area contributed by atoms with E-state index >= 15 is 0 Å². The van der Waals surface area contributed by atoms with E-state index in [2.05, 4.69) is 4.98 Å². The van der Waals surface area contributed by atoms with Gasteiger partial charge >= 0.3 is 23.9 Å². The fourth-order valence-corrected chi connectivity index (χ4v) is 1.20. The largest absolute Gasteiger partial charge is 0.460 e. The zero-order valence-corrected chi connectivity index (χ0v) is 9.16. The average Bonchev–Trinajstić information content (AvgIpc) is 2.26. The van der Waals surface area contributed by atoms with Crippen molar-refractivity contribution >= 4 is 5.82 Å². The third-order valence-electron chi connectivity index (χ3n) is 2.29. The minimum absolute atomic E-state index is 0.0837. The minimum atomic E-state index is -6.93. The molecule has 1 aromatic rings. The predicted octanol–water partition coefficient (Wildman–Crippen LogP) is 3.59. The lowest BCUT2D eigenvalue weighted by Crippen LogP contribution is -2.59. The molecule has 0 saturated heterocycles. The summed E-state index contributed by atoms with van der Waals surface area (Å²) >= 11 is 0. The molecule has 0 atom stereocenters. The molecule has 0 fully saturated rings. The van der Waals surface area contributed by atoms with Gasteiger partial charge in [-0.1, -0.05) is 0 Å². The second kappa shape index (κ2) is 4.42. The molecule has 0 radical (unpaired) electrons. The first-order chi connectivity index (χ1) is 8.75. The van der Waals surface area contributed by atoms with Crippen molar-refractivity contribution in [2.75, 3.05) is 5.73 Å². The maximum Gasteiger partial charge on any atom is 0.460 e. The van der Waals surface area contributed by atoms with Crippen LogP contribution >= 0.6 is 0 Å². The van der Waals surface area contributed by atoms with Gasteiger partial charge in [0.1, 0.15) is 5.82 Å². The maximum absolute atomic E-state index is 13.3. The Morgan fingerprint density at radius 1 is 0.850 bits per heavy atom. The van der Waals surface area contributed by atoms with Crippen LogP contribution in [0.15, 0.2) is 18.3 Å². The van der Waals surface area contributed by atoms with E-state index in [0.717, 1.165) is 0 Å². The molecule has 1 rings (SSSR count). The summed E-state index contributed by atoms with van der Waals surface area (Å²) in [6, 6.07) is 0.247. The van der Waals surface area contributed by atoms with Crippen molar-refractivity contribution < 1.29 is 39.5 Å². The molecule has 0 saturated carbocycles. The number of pyridine rings is 1. The van der Waals surface area contributed by atoms with Crippen molar-refractivity contribution in [1.82, 2.24) is 4.98 Å². The molecule has 0 aromatic carbocycles. The number of rotatable bonds is 3. The Labute approximate surface area is 105 Å². The van der Waals surface area contributed by atoms with Crippen LogP contribution < -0.4 is 5.73 Å². The standard InChI is InChI=1S/C9H5F9N2/c10-6(11,4-1-2-20-5(19)3-4)7(12,13)8(14,15)9(16,17)18/h1-3H,(H2,19,20). The van der Waals surface area contributed by atoms with Gasteiger partial charge in [-0.2, -0.15) is 39.5 Å². The molecule has 114 valence electrons. The smallest absolute Gasteiger partial charge is 0.384 e. The van der Waals surface area contributed by atoms with Crippen LogP contribution in [0.4, 0.5) is 45.3 Å². The van der Waals surface area contributed by atoms with Crippen LogP contribution in [0.2, 0.25) is 0 Å². The Balaban J connectivity index is 3.39. The molecule has 11 heteroatoms. The predicted molar refractivity (Wildman–Crippen MR) is 48.5 cm³/mol. The summed E-state index contributed by atoms with van der Waals surface area (Å²) in [5.74, 6) is -20.2. The van der Waals surface area contributed by atoms with E-state index < -0.39 is 35.3 Å². The quantitative estimate of drug-likeness (QED) is 0.866. The number of hydrogen-bond acceptors (Lipinski definition) is 2. The third kappa shape index (κ3) is 2.24. The molecule has 20 heavy (non-hydrogen) atoms. The number of nitrogens with two attached hydrogens (primary N) is 1. The molecule has 1 aromatic heterocycles. The molecule has 0 aliphatic carbocycles. The van der Waals surface area contributed by atoms with Crippen LogP contribution in [0.1, 0.15) is 5.56 Å². The van der Waals surface area contributed by atoms with Crippen LogP contribution in [0.5, 0.6) is 0 Å². The van der Waals surface area contributed by atoms with E-state index in [1.807, 2.05) is 0 Å². The van der Waals surface area contributed by atoms with Crippen molar-refractivity contribution in [3.05, 3.63) is 23.9 Å². The highest BCUT2D eigenvalue weighted by atomic mass is 19.4. The molecule has 0 unspecified atom stereocenters. The van der Waals surface area contributed by atoms with E-state index in [1.54, 1.807) is 0 Å². The summed E-state index contributed by atoms with van der Waals surface area (Å²) in [5, 5.41) is 0. The Bertz CT molecular complexity index is 494.